The van der Waals surface area contributed by atoms with E-state index in [1.165, 1.54) is 18.2 Å². The molecule has 0 radical (unpaired) electrons. The van der Waals surface area contributed by atoms with Crippen LogP contribution in [-0.2, 0) is 27.9 Å². The number of aromatic carboxylic acids is 1. The molecule has 2 aromatic carbocycles. The van der Waals surface area contributed by atoms with Gasteiger partial charge in [0.2, 0.25) is 0 Å². The molecule has 0 heterocycles. The number of carboxylic acid groups (broad SMARTS) is 1. The average molecular weight is 320 g/mol. The Balaban J connectivity index is 2.17. The first kappa shape index (κ1) is 16.2. The maximum Gasteiger partial charge on any atom is 0.335 e. The van der Waals surface area contributed by atoms with E-state index in [-0.39, 0.29) is 23.7 Å². The number of rotatable bonds is 6. The van der Waals surface area contributed by atoms with E-state index in [1.54, 1.807) is 30.3 Å². The molecular weight excluding hydrogens is 304 g/mol. The second kappa shape index (κ2) is 6.72. The highest BCUT2D eigenvalue weighted by atomic mass is 32.2. The van der Waals surface area contributed by atoms with E-state index in [1.807, 2.05) is 0 Å². The Kier molecular flexibility index (Phi) is 4.95. The van der Waals surface area contributed by atoms with Crippen LogP contribution in [0.2, 0.25) is 0 Å². The predicted octanol–water partition coefficient (Wildman–Crippen LogP) is 1.99. The molecule has 0 atom stereocenters. The minimum absolute atomic E-state index is 0.0648. The molecule has 6 heteroatoms. The van der Waals surface area contributed by atoms with Crippen molar-refractivity contribution in [1.29, 1.82) is 0 Å². The normalized spacial score (nSPS) is 11.3. The fraction of sp³-hybridized carbons (Fsp3) is 0.188. The zero-order valence-corrected chi connectivity index (χ0v) is 12.6. The number of aliphatic hydroxyl groups excluding tert-OH is 1. The third-order valence-corrected chi connectivity index (χ3v) is 4.67. The number of carbonyl (C=O) groups is 1. The van der Waals surface area contributed by atoms with E-state index in [4.69, 9.17) is 10.2 Å². The van der Waals surface area contributed by atoms with Gasteiger partial charge in [-0.2, -0.15) is 0 Å². The Morgan fingerprint density at radius 3 is 2.05 bits per heavy atom. The summed E-state index contributed by atoms with van der Waals surface area (Å²) in [5, 5.41) is 18.0. The monoisotopic (exact) mass is 320 g/mol. The van der Waals surface area contributed by atoms with Crippen molar-refractivity contribution >= 4 is 15.8 Å². The van der Waals surface area contributed by atoms with Crippen molar-refractivity contribution in [2.24, 2.45) is 0 Å². The van der Waals surface area contributed by atoms with Gasteiger partial charge in [0, 0.05) is 0 Å². The van der Waals surface area contributed by atoms with E-state index in [9.17, 15) is 13.2 Å². The van der Waals surface area contributed by atoms with Crippen LogP contribution in [0.25, 0.3) is 0 Å². The second-order valence-corrected chi connectivity index (χ2v) is 7.08. The van der Waals surface area contributed by atoms with Gasteiger partial charge in [-0.15, -0.1) is 0 Å². The first-order chi connectivity index (χ1) is 10.4. The lowest BCUT2D eigenvalue weighted by Crippen LogP contribution is -2.08. The first-order valence-corrected chi connectivity index (χ1v) is 8.43. The van der Waals surface area contributed by atoms with Crippen molar-refractivity contribution in [3.63, 3.8) is 0 Å². The molecule has 2 rings (SSSR count). The van der Waals surface area contributed by atoms with Crippen LogP contribution in [0.1, 0.15) is 27.0 Å². The maximum absolute atomic E-state index is 12.2. The van der Waals surface area contributed by atoms with Crippen LogP contribution >= 0.6 is 0 Å². The molecule has 2 N–H and O–H groups in total. The summed E-state index contributed by atoms with van der Waals surface area (Å²) in [6.45, 7) is -0.144. The fourth-order valence-electron chi connectivity index (χ4n) is 2.17. The Labute approximate surface area is 128 Å². The van der Waals surface area contributed by atoms with Crippen molar-refractivity contribution < 1.29 is 23.4 Å². The minimum Gasteiger partial charge on any atom is -0.478 e. The molecule has 116 valence electrons. The van der Waals surface area contributed by atoms with Gasteiger partial charge in [-0.1, -0.05) is 36.4 Å². The van der Waals surface area contributed by atoms with Gasteiger partial charge in [0.05, 0.1) is 23.7 Å². The Morgan fingerprint density at radius 1 is 0.909 bits per heavy atom. The number of benzene rings is 2. The SMILES string of the molecule is O=C(O)c1cccc(CS(=O)(=O)Cc2cccc(CO)c2)c1. The van der Waals surface area contributed by atoms with Crippen molar-refractivity contribution in [2.75, 3.05) is 0 Å². The summed E-state index contributed by atoms with van der Waals surface area (Å²) < 4.78 is 24.5. The second-order valence-electron chi connectivity index (χ2n) is 5.02. The molecule has 0 saturated carbocycles. The van der Waals surface area contributed by atoms with Gasteiger partial charge in [-0.25, -0.2) is 13.2 Å². The van der Waals surface area contributed by atoms with Crippen LogP contribution in [0.4, 0.5) is 0 Å². The van der Waals surface area contributed by atoms with Gasteiger partial charge in [0.1, 0.15) is 0 Å². The van der Waals surface area contributed by atoms with Crippen molar-refractivity contribution in [2.45, 2.75) is 18.1 Å². The van der Waals surface area contributed by atoms with Gasteiger partial charge in [-0.05, 0) is 28.8 Å². The highest BCUT2D eigenvalue weighted by molar-refractivity contribution is 7.89. The molecule has 22 heavy (non-hydrogen) atoms. The molecule has 0 aromatic heterocycles. The largest absolute Gasteiger partial charge is 0.478 e. The van der Waals surface area contributed by atoms with E-state index >= 15 is 0 Å². The summed E-state index contributed by atoms with van der Waals surface area (Å²) in [5.74, 6) is -1.47. The lowest BCUT2D eigenvalue weighted by molar-refractivity contribution is 0.0696. The van der Waals surface area contributed by atoms with Crippen LogP contribution in [-0.4, -0.2) is 24.6 Å². The van der Waals surface area contributed by atoms with Crippen LogP contribution in [0.3, 0.4) is 0 Å². The van der Waals surface area contributed by atoms with Crippen LogP contribution in [0.5, 0.6) is 0 Å². The molecule has 0 spiro atoms. The smallest absolute Gasteiger partial charge is 0.335 e. The molecule has 5 nitrogen and oxygen atoms in total. The van der Waals surface area contributed by atoms with Crippen molar-refractivity contribution in [3.05, 3.63) is 70.8 Å². The molecule has 0 saturated heterocycles. The van der Waals surface area contributed by atoms with Gasteiger partial charge in [-0.3, -0.25) is 0 Å². The van der Waals surface area contributed by atoms with Crippen LogP contribution in [0.15, 0.2) is 48.5 Å². The lowest BCUT2D eigenvalue weighted by atomic mass is 10.1. The lowest BCUT2D eigenvalue weighted by Gasteiger charge is -2.07. The van der Waals surface area contributed by atoms with E-state index in [0.29, 0.717) is 16.7 Å². The molecule has 0 aliphatic carbocycles. The average Bonchev–Trinajstić information content (AvgIpc) is 2.46. The highest BCUT2D eigenvalue weighted by Gasteiger charge is 2.14. The zero-order chi connectivity index (χ0) is 16.2. The number of hydrogen-bond donors (Lipinski definition) is 2. The van der Waals surface area contributed by atoms with Crippen molar-refractivity contribution in [1.82, 2.24) is 0 Å². The third-order valence-electron chi connectivity index (χ3n) is 3.12. The first-order valence-electron chi connectivity index (χ1n) is 6.61. The molecule has 0 fully saturated rings. The molecule has 0 bridgehead atoms. The molecule has 0 aliphatic heterocycles. The standard InChI is InChI=1S/C16H16O5S/c17-9-12-3-1-4-13(7-12)10-22(20,21)11-14-5-2-6-15(8-14)16(18)19/h1-8,17H,9-11H2,(H,18,19). The maximum atomic E-state index is 12.2. The summed E-state index contributed by atoms with van der Waals surface area (Å²) in [5.41, 5.74) is 1.76. The van der Waals surface area contributed by atoms with E-state index in [2.05, 4.69) is 0 Å². The number of hydrogen-bond acceptors (Lipinski definition) is 4. The van der Waals surface area contributed by atoms with Crippen LogP contribution < -0.4 is 0 Å². The van der Waals surface area contributed by atoms with Crippen LogP contribution in [0, 0.1) is 0 Å². The van der Waals surface area contributed by atoms with E-state index < -0.39 is 15.8 Å². The fourth-order valence-corrected chi connectivity index (χ4v) is 3.65. The quantitative estimate of drug-likeness (QED) is 0.849. The van der Waals surface area contributed by atoms with Gasteiger partial charge in [0.15, 0.2) is 9.84 Å². The predicted molar refractivity (Wildman–Crippen MR) is 82.1 cm³/mol. The summed E-state index contributed by atoms with van der Waals surface area (Å²) in [7, 11) is -3.43. The van der Waals surface area contributed by atoms with Gasteiger partial charge < -0.3 is 10.2 Å². The third kappa shape index (κ3) is 4.41. The highest BCUT2D eigenvalue weighted by Crippen LogP contribution is 2.15. The topological polar surface area (TPSA) is 91.7 Å². The summed E-state index contributed by atoms with van der Waals surface area (Å²) in [4.78, 5) is 10.9. The Bertz CT molecular complexity index is 781. The molecule has 0 unspecified atom stereocenters. The summed E-state index contributed by atoms with van der Waals surface area (Å²) in [6.07, 6.45) is 0. The molecule has 0 aliphatic rings. The Morgan fingerprint density at radius 2 is 1.45 bits per heavy atom. The number of sulfone groups is 1. The summed E-state index contributed by atoms with van der Waals surface area (Å²) >= 11 is 0. The Hall–Kier alpha value is -2.18. The zero-order valence-electron chi connectivity index (χ0n) is 11.8. The number of carboxylic acids is 1. The molecule has 0 amide bonds. The number of aliphatic hydroxyl groups is 1. The van der Waals surface area contributed by atoms with E-state index in [0.717, 1.165) is 0 Å². The van der Waals surface area contributed by atoms with Gasteiger partial charge in [0.25, 0.3) is 0 Å². The van der Waals surface area contributed by atoms with Crippen molar-refractivity contribution in [3.8, 4) is 0 Å². The molecule has 2 aromatic rings. The van der Waals surface area contributed by atoms with Gasteiger partial charge >= 0.3 is 5.97 Å². The minimum atomic E-state index is -3.43. The summed E-state index contributed by atoms with van der Waals surface area (Å²) in [6, 6.07) is 12.6. The molecular formula is C16H16O5S.